The summed E-state index contributed by atoms with van der Waals surface area (Å²) in [5.74, 6) is -0.452. The van der Waals surface area contributed by atoms with Crippen LogP contribution >= 0.6 is 27.5 Å². The average Bonchev–Trinajstić information content (AvgIpc) is 2.27. The third-order valence-electron chi connectivity index (χ3n) is 1.98. The van der Waals surface area contributed by atoms with Gasteiger partial charge in [-0.2, -0.15) is 0 Å². The summed E-state index contributed by atoms with van der Waals surface area (Å²) >= 11 is 9.24. The first-order valence-corrected chi connectivity index (χ1v) is 6.27. The molecule has 0 aliphatic rings. The number of nitrogens with one attached hydrogen (secondary N) is 1. The maximum atomic E-state index is 10.4. The molecule has 1 aromatic carbocycles. The molecule has 0 aliphatic heterocycles. The van der Waals surface area contributed by atoms with E-state index in [0.717, 1.165) is 16.6 Å². The SMILES string of the molecule is NC(=O)COCCNCc1ccc(Cl)c(Br)c1. The van der Waals surface area contributed by atoms with E-state index in [4.69, 9.17) is 22.1 Å². The molecule has 94 valence electrons. The Hall–Kier alpha value is -0.620. The normalized spacial score (nSPS) is 10.5. The van der Waals surface area contributed by atoms with E-state index >= 15 is 0 Å². The Morgan fingerprint density at radius 2 is 2.29 bits per heavy atom. The summed E-state index contributed by atoms with van der Waals surface area (Å²) in [6, 6.07) is 5.75. The molecule has 0 saturated heterocycles. The van der Waals surface area contributed by atoms with Gasteiger partial charge < -0.3 is 15.8 Å². The van der Waals surface area contributed by atoms with E-state index < -0.39 is 5.91 Å². The maximum Gasteiger partial charge on any atom is 0.243 e. The van der Waals surface area contributed by atoms with Gasteiger partial charge in [0, 0.05) is 17.6 Å². The molecule has 0 fully saturated rings. The predicted octanol–water partition coefficient (Wildman–Crippen LogP) is 1.69. The number of amides is 1. The summed E-state index contributed by atoms with van der Waals surface area (Å²) in [5, 5.41) is 3.87. The van der Waals surface area contributed by atoms with Crippen molar-refractivity contribution in [1.29, 1.82) is 0 Å². The molecule has 0 spiro atoms. The fourth-order valence-corrected chi connectivity index (χ4v) is 1.74. The molecule has 0 aromatic heterocycles. The van der Waals surface area contributed by atoms with E-state index in [1.807, 2.05) is 18.2 Å². The first-order valence-electron chi connectivity index (χ1n) is 5.10. The van der Waals surface area contributed by atoms with Gasteiger partial charge in [-0.1, -0.05) is 17.7 Å². The highest BCUT2D eigenvalue weighted by Gasteiger charge is 1.99. The Labute approximate surface area is 114 Å². The first kappa shape index (κ1) is 14.4. The van der Waals surface area contributed by atoms with Crippen LogP contribution in [-0.2, 0) is 16.1 Å². The van der Waals surface area contributed by atoms with Crippen LogP contribution in [-0.4, -0.2) is 25.7 Å². The Balaban J connectivity index is 2.18. The number of primary amides is 1. The van der Waals surface area contributed by atoms with Crippen molar-refractivity contribution < 1.29 is 9.53 Å². The van der Waals surface area contributed by atoms with Crippen LogP contribution in [0.5, 0.6) is 0 Å². The largest absolute Gasteiger partial charge is 0.370 e. The van der Waals surface area contributed by atoms with Crippen molar-refractivity contribution in [2.24, 2.45) is 5.73 Å². The zero-order chi connectivity index (χ0) is 12.7. The van der Waals surface area contributed by atoms with E-state index in [1.165, 1.54) is 0 Å². The van der Waals surface area contributed by atoms with E-state index in [-0.39, 0.29) is 6.61 Å². The predicted molar refractivity (Wildman–Crippen MR) is 70.9 cm³/mol. The van der Waals surface area contributed by atoms with Crippen molar-refractivity contribution in [3.05, 3.63) is 33.3 Å². The number of halogens is 2. The van der Waals surface area contributed by atoms with Crippen molar-refractivity contribution in [2.45, 2.75) is 6.54 Å². The molecule has 0 unspecified atom stereocenters. The minimum atomic E-state index is -0.452. The zero-order valence-corrected chi connectivity index (χ0v) is 11.6. The topological polar surface area (TPSA) is 64.4 Å². The number of rotatable bonds is 7. The molecule has 0 saturated carbocycles. The molecule has 1 rings (SSSR count). The second-order valence-corrected chi connectivity index (χ2v) is 4.71. The second-order valence-electron chi connectivity index (χ2n) is 3.44. The zero-order valence-electron chi connectivity index (χ0n) is 9.21. The van der Waals surface area contributed by atoms with Gasteiger partial charge in [-0.25, -0.2) is 0 Å². The van der Waals surface area contributed by atoms with Gasteiger partial charge in [0.2, 0.25) is 5.91 Å². The van der Waals surface area contributed by atoms with Gasteiger partial charge in [0.15, 0.2) is 0 Å². The fourth-order valence-electron chi connectivity index (χ4n) is 1.20. The lowest BCUT2D eigenvalue weighted by Crippen LogP contribution is -2.23. The van der Waals surface area contributed by atoms with Gasteiger partial charge >= 0.3 is 0 Å². The van der Waals surface area contributed by atoms with Gasteiger partial charge in [-0.15, -0.1) is 0 Å². The fraction of sp³-hybridized carbons (Fsp3) is 0.364. The molecule has 17 heavy (non-hydrogen) atoms. The van der Waals surface area contributed by atoms with Crippen LogP contribution in [0.3, 0.4) is 0 Å². The van der Waals surface area contributed by atoms with Gasteiger partial charge in [0.05, 0.1) is 11.6 Å². The number of nitrogens with two attached hydrogens (primary N) is 1. The summed E-state index contributed by atoms with van der Waals surface area (Å²) in [5.41, 5.74) is 6.05. The van der Waals surface area contributed by atoms with Crippen LogP contribution in [0.1, 0.15) is 5.56 Å². The third-order valence-corrected chi connectivity index (χ3v) is 3.19. The van der Waals surface area contributed by atoms with Crippen LogP contribution in [0.15, 0.2) is 22.7 Å². The van der Waals surface area contributed by atoms with Gasteiger partial charge in [-0.05, 0) is 33.6 Å². The lowest BCUT2D eigenvalue weighted by atomic mass is 10.2. The van der Waals surface area contributed by atoms with E-state index in [0.29, 0.717) is 18.2 Å². The molecule has 3 N–H and O–H groups in total. The Kier molecular flexibility index (Phi) is 6.50. The lowest BCUT2D eigenvalue weighted by molar-refractivity contribution is -0.122. The second kappa shape index (κ2) is 7.66. The van der Waals surface area contributed by atoms with Crippen LogP contribution in [0.4, 0.5) is 0 Å². The Morgan fingerprint density at radius 3 is 2.94 bits per heavy atom. The minimum Gasteiger partial charge on any atom is -0.370 e. The van der Waals surface area contributed by atoms with Crippen molar-refractivity contribution in [1.82, 2.24) is 5.32 Å². The van der Waals surface area contributed by atoms with Crippen molar-refractivity contribution in [3.63, 3.8) is 0 Å². The molecule has 0 heterocycles. The summed E-state index contributed by atoms with van der Waals surface area (Å²) < 4.78 is 5.89. The Bertz CT molecular complexity index is 388. The van der Waals surface area contributed by atoms with Crippen molar-refractivity contribution >= 4 is 33.4 Å². The Morgan fingerprint density at radius 1 is 1.53 bits per heavy atom. The standard InChI is InChI=1S/C11H14BrClN2O2/c12-9-5-8(1-2-10(9)13)6-15-3-4-17-7-11(14)16/h1-2,5,15H,3-4,6-7H2,(H2,14,16). The van der Waals surface area contributed by atoms with Crippen LogP contribution in [0.25, 0.3) is 0 Å². The van der Waals surface area contributed by atoms with Gasteiger partial charge in [-0.3, -0.25) is 4.79 Å². The third kappa shape index (κ3) is 6.02. The van der Waals surface area contributed by atoms with E-state index in [9.17, 15) is 4.79 Å². The number of hydrogen-bond acceptors (Lipinski definition) is 3. The number of benzene rings is 1. The number of ether oxygens (including phenoxy) is 1. The molecule has 6 heteroatoms. The molecule has 1 aromatic rings. The highest BCUT2D eigenvalue weighted by Crippen LogP contribution is 2.22. The quantitative estimate of drug-likeness (QED) is 0.751. The summed E-state index contributed by atoms with van der Waals surface area (Å²) in [7, 11) is 0. The summed E-state index contributed by atoms with van der Waals surface area (Å²) in [6.45, 7) is 1.80. The van der Waals surface area contributed by atoms with Crippen LogP contribution in [0, 0.1) is 0 Å². The highest BCUT2D eigenvalue weighted by molar-refractivity contribution is 9.10. The monoisotopic (exact) mass is 320 g/mol. The number of carbonyl (C=O) groups excluding carboxylic acids is 1. The average molecular weight is 322 g/mol. The smallest absolute Gasteiger partial charge is 0.243 e. The number of hydrogen-bond donors (Lipinski definition) is 2. The molecule has 0 bridgehead atoms. The lowest BCUT2D eigenvalue weighted by Gasteiger charge is -2.06. The molecule has 4 nitrogen and oxygen atoms in total. The maximum absolute atomic E-state index is 10.4. The minimum absolute atomic E-state index is 0.0336. The molecule has 1 amide bonds. The van der Waals surface area contributed by atoms with Crippen LogP contribution < -0.4 is 11.1 Å². The molecule has 0 atom stereocenters. The summed E-state index contributed by atoms with van der Waals surface area (Å²) in [4.78, 5) is 10.4. The molecule has 0 radical (unpaired) electrons. The van der Waals surface area contributed by atoms with Crippen LogP contribution in [0.2, 0.25) is 5.02 Å². The first-order chi connectivity index (χ1) is 8.09. The van der Waals surface area contributed by atoms with E-state index in [2.05, 4.69) is 21.2 Å². The number of carbonyl (C=O) groups is 1. The molecule has 0 aliphatic carbocycles. The van der Waals surface area contributed by atoms with Gasteiger partial charge in [0.1, 0.15) is 6.61 Å². The molecular formula is C11H14BrClN2O2. The van der Waals surface area contributed by atoms with E-state index in [1.54, 1.807) is 0 Å². The summed E-state index contributed by atoms with van der Waals surface area (Å²) in [6.07, 6.45) is 0. The molecular weight excluding hydrogens is 307 g/mol. The van der Waals surface area contributed by atoms with Gasteiger partial charge in [0.25, 0.3) is 0 Å². The highest BCUT2D eigenvalue weighted by atomic mass is 79.9. The van der Waals surface area contributed by atoms with Crippen molar-refractivity contribution in [3.8, 4) is 0 Å². The van der Waals surface area contributed by atoms with Crippen molar-refractivity contribution in [2.75, 3.05) is 19.8 Å².